The number of thiazole rings is 1. The first-order valence-corrected chi connectivity index (χ1v) is 6.57. The minimum Gasteiger partial charge on any atom is -0.369 e. The molecule has 1 heterocycles. The molecule has 6 heteroatoms. The number of aromatic nitrogens is 1. The molecule has 0 radical (unpaired) electrons. The van der Waals surface area contributed by atoms with Gasteiger partial charge in [-0.2, -0.15) is 0 Å². The van der Waals surface area contributed by atoms with Crippen molar-refractivity contribution in [3.63, 3.8) is 0 Å². The van der Waals surface area contributed by atoms with Gasteiger partial charge in [0.1, 0.15) is 0 Å². The number of primary amides is 1. The fourth-order valence-electron chi connectivity index (χ4n) is 1.35. The Morgan fingerprint density at radius 1 is 1.69 bits per heavy atom. The summed E-state index contributed by atoms with van der Waals surface area (Å²) in [5.74, 6) is 0.164. The zero-order valence-corrected chi connectivity index (χ0v) is 10.9. The molecular formula is C10H16ClN3OS. The maximum absolute atomic E-state index is 10.8. The Morgan fingerprint density at radius 3 is 2.94 bits per heavy atom. The van der Waals surface area contributed by atoms with Gasteiger partial charge in [0, 0.05) is 18.3 Å². The Kier molecular flexibility index (Phi) is 5.73. The van der Waals surface area contributed by atoms with E-state index >= 15 is 0 Å². The molecule has 0 saturated heterocycles. The lowest BCUT2D eigenvalue weighted by molar-refractivity contribution is -0.119. The number of nitrogens with zero attached hydrogens (tertiary/aromatic N) is 2. The Balaban J connectivity index is 2.39. The van der Waals surface area contributed by atoms with Crippen LogP contribution in [-0.2, 0) is 17.1 Å². The van der Waals surface area contributed by atoms with Crippen molar-refractivity contribution in [2.75, 3.05) is 19.6 Å². The molecule has 1 aromatic rings. The number of amides is 1. The number of hydrogen-bond donors (Lipinski definition) is 1. The molecule has 2 N–H and O–H groups in total. The van der Waals surface area contributed by atoms with Crippen LogP contribution in [0.2, 0.25) is 0 Å². The highest BCUT2D eigenvalue weighted by atomic mass is 35.5. The Bertz CT molecular complexity index is 343. The highest BCUT2D eigenvalue weighted by Crippen LogP contribution is 2.12. The van der Waals surface area contributed by atoms with Gasteiger partial charge in [0.05, 0.1) is 23.1 Å². The van der Waals surface area contributed by atoms with Crippen molar-refractivity contribution < 1.29 is 4.79 Å². The van der Waals surface area contributed by atoms with E-state index in [1.165, 1.54) is 0 Å². The topological polar surface area (TPSA) is 59.2 Å². The quantitative estimate of drug-likeness (QED) is 0.751. The number of halogens is 1. The summed E-state index contributed by atoms with van der Waals surface area (Å²) in [7, 11) is 0. The highest BCUT2D eigenvalue weighted by molar-refractivity contribution is 7.09. The summed E-state index contributed by atoms with van der Waals surface area (Å²) in [6.45, 7) is 3.94. The van der Waals surface area contributed by atoms with Crippen LogP contribution in [0.25, 0.3) is 0 Å². The minimum atomic E-state index is -0.289. The molecule has 1 aromatic heterocycles. The van der Waals surface area contributed by atoms with Crippen molar-refractivity contribution in [1.82, 2.24) is 9.88 Å². The molecule has 0 aliphatic rings. The van der Waals surface area contributed by atoms with Crippen LogP contribution in [0.1, 0.15) is 17.6 Å². The summed E-state index contributed by atoms with van der Waals surface area (Å²) >= 11 is 7.28. The lowest BCUT2D eigenvalue weighted by Crippen LogP contribution is -2.35. The predicted octanol–water partition coefficient (Wildman–Crippen LogP) is 1.23. The van der Waals surface area contributed by atoms with Crippen LogP contribution in [0.5, 0.6) is 0 Å². The first-order valence-electron chi connectivity index (χ1n) is 5.15. The fraction of sp³-hybridized carbons (Fsp3) is 0.600. The number of likely N-dealkylation sites (N-methyl/N-ethyl adjacent to an activating group) is 1. The number of hydrogen-bond acceptors (Lipinski definition) is 4. The van der Waals surface area contributed by atoms with E-state index in [0.29, 0.717) is 12.4 Å². The molecule has 16 heavy (non-hydrogen) atoms. The summed E-state index contributed by atoms with van der Waals surface area (Å²) in [6, 6.07) is 0. The molecule has 0 saturated carbocycles. The third-order valence-electron chi connectivity index (χ3n) is 2.20. The molecule has 0 aromatic carbocycles. The van der Waals surface area contributed by atoms with Crippen molar-refractivity contribution >= 4 is 28.8 Å². The summed E-state index contributed by atoms with van der Waals surface area (Å²) < 4.78 is 0. The number of alkyl halides is 1. The summed E-state index contributed by atoms with van der Waals surface area (Å²) in [5, 5.41) is 3.02. The Hall–Kier alpha value is -0.650. The van der Waals surface area contributed by atoms with E-state index in [2.05, 4.69) is 4.98 Å². The van der Waals surface area contributed by atoms with Gasteiger partial charge in [-0.25, -0.2) is 4.98 Å². The zero-order chi connectivity index (χ0) is 12.0. The maximum atomic E-state index is 10.8. The van der Waals surface area contributed by atoms with Crippen LogP contribution >= 0.6 is 22.9 Å². The zero-order valence-electron chi connectivity index (χ0n) is 9.28. The molecule has 0 unspecified atom stereocenters. The van der Waals surface area contributed by atoms with Crippen molar-refractivity contribution in [1.29, 1.82) is 0 Å². The molecule has 0 aliphatic heterocycles. The summed E-state index contributed by atoms with van der Waals surface area (Å²) in [4.78, 5) is 17.1. The van der Waals surface area contributed by atoms with Gasteiger partial charge in [-0.1, -0.05) is 6.92 Å². The number of nitrogens with two attached hydrogens (primary N) is 1. The van der Waals surface area contributed by atoms with E-state index in [1.807, 2.05) is 17.2 Å². The van der Waals surface area contributed by atoms with Crippen LogP contribution in [0.4, 0.5) is 0 Å². The fourth-order valence-corrected chi connectivity index (χ4v) is 2.36. The Labute approximate surface area is 104 Å². The van der Waals surface area contributed by atoms with Crippen molar-refractivity contribution in [3.8, 4) is 0 Å². The number of carbonyl (C=O) groups excluding carboxylic acids is 1. The second kappa shape index (κ2) is 6.83. The molecule has 0 bridgehead atoms. The molecule has 0 fully saturated rings. The largest absolute Gasteiger partial charge is 0.369 e. The maximum Gasteiger partial charge on any atom is 0.231 e. The van der Waals surface area contributed by atoms with E-state index in [0.717, 1.165) is 30.2 Å². The SMILES string of the molecule is CCN(CCc1nc(CCl)cs1)CC(N)=O. The van der Waals surface area contributed by atoms with Gasteiger partial charge >= 0.3 is 0 Å². The first kappa shape index (κ1) is 13.4. The molecule has 0 aliphatic carbocycles. The van der Waals surface area contributed by atoms with Gasteiger partial charge in [0.2, 0.25) is 5.91 Å². The van der Waals surface area contributed by atoms with Gasteiger partial charge in [0.25, 0.3) is 0 Å². The van der Waals surface area contributed by atoms with E-state index in [9.17, 15) is 4.79 Å². The molecule has 90 valence electrons. The summed E-state index contributed by atoms with van der Waals surface area (Å²) in [6.07, 6.45) is 0.836. The van der Waals surface area contributed by atoms with Gasteiger partial charge in [-0.15, -0.1) is 22.9 Å². The van der Waals surface area contributed by atoms with E-state index in [-0.39, 0.29) is 5.91 Å². The van der Waals surface area contributed by atoms with Crippen LogP contribution in [0.15, 0.2) is 5.38 Å². The Morgan fingerprint density at radius 2 is 2.44 bits per heavy atom. The van der Waals surface area contributed by atoms with Gasteiger partial charge in [-0.3, -0.25) is 9.69 Å². The summed E-state index contributed by atoms with van der Waals surface area (Å²) in [5.41, 5.74) is 6.07. The van der Waals surface area contributed by atoms with Crippen molar-refractivity contribution in [2.45, 2.75) is 19.2 Å². The third-order valence-corrected chi connectivity index (χ3v) is 3.44. The van der Waals surface area contributed by atoms with Gasteiger partial charge < -0.3 is 5.73 Å². The molecule has 0 atom stereocenters. The van der Waals surface area contributed by atoms with E-state index < -0.39 is 0 Å². The third kappa shape index (κ3) is 4.47. The first-order chi connectivity index (χ1) is 7.65. The molecule has 0 spiro atoms. The monoisotopic (exact) mass is 261 g/mol. The highest BCUT2D eigenvalue weighted by Gasteiger charge is 2.07. The predicted molar refractivity (Wildman–Crippen MR) is 66.7 cm³/mol. The van der Waals surface area contributed by atoms with E-state index in [1.54, 1.807) is 11.3 Å². The molecule has 4 nitrogen and oxygen atoms in total. The van der Waals surface area contributed by atoms with Crippen LogP contribution < -0.4 is 5.73 Å². The lowest BCUT2D eigenvalue weighted by atomic mass is 10.3. The second-order valence-corrected chi connectivity index (χ2v) is 4.66. The second-order valence-electron chi connectivity index (χ2n) is 3.45. The molecular weight excluding hydrogens is 246 g/mol. The van der Waals surface area contributed by atoms with Crippen LogP contribution in [0.3, 0.4) is 0 Å². The number of carbonyl (C=O) groups is 1. The average Bonchev–Trinajstić information content (AvgIpc) is 2.71. The van der Waals surface area contributed by atoms with Gasteiger partial charge in [-0.05, 0) is 6.54 Å². The number of rotatable bonds is 7. The molecule has 1 amide bonds. The minimum absolute atomic E-state index is 0.289. The van der Waals surface area contributed by atoms with Crippen molar-refractivity contribution in [3.05, 3.63) is 16.1 Å². The smallest absolute Gasteiger partial charge is 0.231 e. The lowest BCUT2D eigenvalue weighted by Gasteiger charge is -2.17. The van der Waals surface area contributed by atoms with Gasteiger partial charge in [0.15, 0.2) is 0 Å². The van der Waals surface area contributed by atoms with E-state index in [4.69, 9.17) is 17.3 Å². The average molecular weight is 262 g/mol. The van der Waals surface area contributed by atoms with Crippen LogP contribution in [0, 0.1) is 0 Å². The standard InChI is InChI=1S/C10H16ClN3OS/c1-2-14(6-9(12)15)4-3-10-13-8(5-11)7-16-10/h7H,2-6H2,1H3,(H2,12,15). The van der Waals surface area contributed by atoms with Crippen molar-refractivity contribution in [2.24, 2.45) is 5.73 Å². The molecule has 1 rings (SSSR count). The normalized spacial score (nSPS) is 10.9. The van der Waals surface area contributed by atoms with Crippen LogP contribution in [-0.4, -0.2) is 35.4 Å².